The lowest BCUT2D eigenvalue weighted by Gasteiger charge is -2.28. The Labute approximate surface area is 149 Å². The van der Waals surface area contributed by atoms with Gasteiger partial charge in [-0.2, -0.15) is 0 Å². The van der Waals surface area contributed by atoms with Crippen LogP contribution >= 0.6 is 0 Å². The third kappa shape index (κ3) is 4.50. The van der Waals surface area contributed by atoms with Gasteiger partial charge in [-0.15, -0.1) is 0 Å². The number of rotatable bonds is 11. The fourth-order valence-electron chi connectivity index (χ4n) is 2.06. The molecule has 0 saturated heterocycles. The largest absolute Gasteiger partial charge is 0.478 e. The van der Waals surface area contributed by atoms with Crippen molar-refractivity contribution in [2.75, 3.05) is 19.8 Å². The van der Waals surface area contributed by atoms with Crippen molar-refractivity contribution in [3.8, 4) is 0 Å². The van der Waals surface area contributed by atoms with E-state index in [9.17, 15) is 24.3 Å². The van der Waals surface area contributed by atoms with Crippen molar-refractivity contribution in [2.45, 2.75) is 5.60 Å². The van der Waals surface area contributed by atoms with Crippen LogP contribution in [0.25, 0.3) is 0 Å². The Balaban J connectivity index is 3.35. The standard InChI is InChI=1S/C18H18O8/c1-3-14(20)18(15(21)4-2,11-25-10-9-19)26-17(24)13-8-6-5-7-12(13)16(22)23/h3-8,19H,1-2,9-11H2,(H,22,23). The summed E-state index contributed by atoms with van der Waals surface area (Å²) in [4.78, 5) is 48.3. The summed E-state index contributed by atoms with van der Waals surface area (Å²) in [5.41, 5.74) is -3.12. The number of esters is 1. The Bertz CT molecular complexity index is 714. The van der Waals surface area contributed by atoms with E-state index in [0.717, 1.165) is 12.2 Å². The molecule has 0 heterocycles. The van der Waals surface area contributed by atoms with Gasteiger partial charge >= 0.3 is 11.9 Å². The van der Waals surface area contributed by atoms with Crippen LogP contribution in [0, 0.1) is 0 Å². The molecule has 0 spiro atoms. The molecule has 0 bridgehead atoms. The number of carboxylic acid groups (broad SMARTS) is 1. The van der Waals surface area contributed by atoms with Crippen LogP contribution in [0.1, 0.15) is 20.7 Å². The van der Waals surface area contributed by atoms with E-state index in [-0.39, 0.29) is 17.7 Å². The van der Waals surface area contributed by atoms with Gasteiger partial charge in [-0.3, -0.25) is 9.59 Å². The van der Waals surface area contributed by atoms with Crippen molar-refractivity contribution in [3.05, 3.63) is 60.7 Å². The van der Waals surface area contributed by atoms with Gasteiger partial charge in [-0.05, 0) is 24.3 Å². The second-order valence-corrected chi connectivity index (χ2v) is 4.98. The molecular weight excluding hydrogens is 344 g/mol. The molecule has 1 rings (SSSR count). The van der Waals surface area contributed by atoms with Crippen molar-refractivity contribution >= 4 is 23.5 Å². The number of carbonyl (C=O) groups is 4. The Morgan fingerprint density at radius 3 is 2.04 bits per heavy atom. The molecule has 0 aliphatic carbocycles. The minimum Gasteiger partial charge on any atom is -0.478 e. The van der Waals surface area contributed by atoms with Crippen molar-refractivity contribution in [3.63, 3.8) is 0 Å². The topological polar surface area (TPSA) is 127 Å². The van der Waals surface area contributed by atoms with Crippen LogP contribution in [-0.4, -0.2) is 59.1 Å². The summed E-state index contributed by atoms with van der Waals surface area (Å²) in [5.74, 6) is -4.53. The van der Waals surface area contributed by atoms with Crippen molar-refractivity contribution in [1.82, 2.24) is 0 Å². The number of ether oxygens (including phenoxy) is 2. The molecule has 8 nitrogen and oxygen atoms in total. The molecule has 0 atom stereocenters. The van der Waals surface area contributed by atoms with Gasteiger partial charge in [0.05, 0.1) is 24.3 Å². The molecule has 26 heavy (non-hydrogen) atoms. The number of aromatic carboxylic acids is 1. The van der Waals surface area contributed by atoms with Crippen molar-refractivity contribution in [1.29, 1.82) is 0 Å². The first kappa shape index (κ1) is 20.9. The van der Waals surface area contributed by atoms with Crippen LogP contribution < -0.4 is 0 Å². The average molecular weight is 362 g/mol. The zero-order valence-electron chi connectivity index (χ0n) is 13.8. The molecule has 0 radical (unpaired) electrons. The minimum absolute atomic E-state index is 0.222. The quantitative estimate of drug-likeness (QED) is 0.256. The molecule has 0 aliphatic rings. The number of ketones is 2. The highest BCUT2D eigenvalue weighted by molar-refractivity contribution is 6.20. The Kier molecular flexibility index (Phi) is 7.57. The highest BCUT2D eigenvalue weighted by Crippen LogP contribution is 2.21. The lowest BCUT2D eigenvalue weighted by Crippen LogP contribution is -2.53. The Morgan fingerprint density at radius 2 is 1.58 bits per heavy atom. The van der Waals surface area contributed by atoms with E-state index in [2.05, 4.69) is 13.2 Å². The first-order chi connectivity index (χ1) is 12.3. The maximum atomic E-state index is 12.5. The number of hydrogen-bond donors (Lipinski definition) is 2. The second-order valence-electron chi connectivity index (χ2n) is 4.98. The molecule has 0 fully saturated rings. The average Bonchev–Trinajstić information content (AvgIpc) is 2.65. The first-order valence-electron chi connectivity index (χ1n) is 7.42. The number of aliphatic hydroxyl groups excluding tert-OH is 1. The van der Waals surface area contributed by atoms with Crippen molar-refractivity contribution < 1.29 is 38.9 Å². The van der Waals surface area contributed by atoms with E-state index >= 15 is 0 Å². The predicted octanol–water partition coefficient (Wildman–Crippen LogP) is 0.799. The molecule has 0 aliphatic heterocycles. The van der Waals surface area contributed by atoms with E-state index in [1.54, 1.807) is 0 Å². The molecule has 0 unspecified atom stereocenters. The zero-order valence-corrected chi connectivity index (χ0v) is 13.8. The van der Waals surface area contributed by atoms with Gasteiger partial charge in [0.1, 0.15) is 6.61 Å². The summed E-state index contributed by atoms with van der Waals surface area (Å²) in [6.07, 6.45) is 1.56. The third-order valence-corrected chi connectivity index (χ3v) is 3.35. The monoisotopic (exact) mass is 362 g/mol. The summed E-state index contributed by atoms with van der Waals surface area (Å²) < 4.78 is 10.1. The molecule has 1 aromatic carbocycles. The summed E-state index contributed by atoms with van der Waals surface area (Å²) in [6.45, 7) is 5.24. The SMILES string of the molecule is C=CC(=O)C(COCCO)(OC(=O)c1ccccc1C(=O)O)C(=O)C=C. The van der Waals surface area contributed by atoms with Crippen LogP contribution in [0.5, 0.6) is 0 Å². The highest BCUT2D eigenvalue weighted by atomic mass is 16.6. The fraction of sp³-hybridized carbons (Fsp3) is 0.222. The molecule has 138 valence electrons. The van der Waals surface area contributed by atoms with Gasteiger partial charge in [-0.25, -0.2) is 9.59 Å². The van der Waals surface area contributed by atoms with Gasteiger partial charge in [0, 0.05) is 0 Å². The third-order valence-electron chi connectivity index (χ3n) is 3.35. The lowest BCUT2D eigenvalue weighted by molar-refractivity contribution is -0.153. The van der Waals surface area contributed by atoms with Crippen LogP contribution in [0.4, 0.5) is 0 Å². The minimum atomic E-state index is -2.42. The number of hydrogen-bond acceptors (Lipinski definition) is 7. The number of carbonyl (C=O) groups excluding carboxylic acids is 3. The van der Waals surface area contributed by atoms with E-state index < -0.39 is 42.3 Å². The van der Waals surface area contributed by atoms with E-state index in [0.29, 0.717) is 0 Å². The maximum Gasteiger partial charge on any atom is 0.340 e. The number of benzene rings is 1. The van der Waals surface area contributed by atoms with Gasteiger partial charge in [0.25, 0.3) is 5.60 Å². The fourth-order valence-corrected chi connectivity index (χ4v) is 2.06. The predicted molar refractivity (Wildman–Crippen MR) is 89.9 cm³/mol. The summed E-state index contributed by atoms with van der Waals surface area (Å²) in [5, 5.41) is 18.0. The van der Waals surface area contributed by atoms with Gasteiger partial charge < -0.3 is 19.7 Å². The molecule has 8 heteroatoms. The van der Waals surface area contributed by atoms with E-state index in [1.807, 2.05) is 0 Å². The van der Waals surface area contributed by atoms with Crippen LogP contribution in [0.3, 0.4) is 0 Å². The van der Waals surface area contributed by atoms with Gasteiger partial charge in [0.15, 0.2) is 0 Å². The Hall–Kier alpha value is -3.10. The van der Waals surface area contributed by atoms with Crippen LogP contribution in [-0.2, 0) is 19.1 Å². The highest BCUT2D eigenvalue weighted by Gasteiger charge is 2.47. The van der Waals surface area contributed by atoms with Gasteiger partial charge in [-0.1, -0.05) is 25.3 Å². The summed E-state index contributed by atoms with van der Waals surface area (Å²) in [6, 6.07) is 5.16. The van der Waals surface area contributed by atoms with E-state index in [1.165, 1.54) is 24.3 Å². The normalized spacial score (nSPS) is 10.7. The number of carboxylic acids is 1. The molecule has 0 amide bonds. The van der Waals surface area contributed by atoms with E-state index in [4.69, 9.17) is 14.6 Å². The van der Waals surface area contributed by atoms with Gasteiger partial charge in [0.2, 0.25) is 11.6 Å². The van der Waals surface area contributed by atoms with Crippen LogP contribution in [0.2, 0.25) is 0 Å². The molecule has 0 saturated carbocycles. The molecular formula is C18H18O8. The van der Waals surface area contributed by atoms with Crippen molar-refractivity contribution in [2.24, 2.45) is 0 Å². The second kappa shape index (κ2) is 9.40. The Morgan fingerprint density at radius 1 is 1.04 bits per heavy atom. The zero-order chi connectivity index (χ0) is 19.7. The smallest absolute Gasteiger partial charge is 0.340 e. The van der Waals surface area contributed by atoms with Crippen LogP contribution in [0.15, 0.2) is 49.6 Å². The molecule has 2 N–H and O–H groups in total. The first-order valence-corrected chi connectivity index (χ1v) is 7.42. The summed E-state index contributed by atoms with van der Waals surface area (Å²) in [7, 11) is 0. The lowest BCUT2D eigenvalue weighted by atomic mass is 9.93. The molecule has 1 aromatic rings. The number of aliphatic hydroxyl groups is 1. The maximum absolute atomic E-state index is 12.5. The molecule has 0 aromatic heterocycles. The summed E-state index contributed by atoms with van der Waals surface area (Å²) >= 11 is 0.